The lowest BCUT2D eigenvalue weighted by atomic mass is 9.87. The van der Waals surface area contributed by atoms with Gasteiger partial charge < -0.3 is 9.47 Å². The third-order valence-electron chi connectivity index (χ3n) is 3.63. The predicted molar refractivity (Wildman–Crippen MR) is 83.1 cm³/mol. The van der Waals surface area contributed by atoms with Crippen LogP contribution in [0.2, 0.25) is 0 Å². The van der Waals surface area contributed by atoms with E-state index in [1.54, 1.807) is 0 Å². The van der Waals surface area contributed by atoms with Crippen molar-refractivity contribution in [2.24, 2.45) is 5.92 Å². The normalized spacial score (nSPS) is 21.5. The van der Waals surface area contributed by atoms with Gasteiger partial charge in [-0.05, 0) is 46.5 Å². The second-order valence-corrected chi connectivity index (χ2v) is 6.74. The lowest BCUT2D eigenvalue weighted by Gasteiger charge is -2.29. The molecule has 0 aliphatic heterocycles. The summed E-state index contributed by atoms with van der Waals surface area (Å²) >= 11 is 0. The molecule has 7 heteroatoms. The van der Waals surface area contributed by atoms with E-state index in [-0.39, 0.29) is 23.7 Å². The Morgan fingerprint density at radius 2 is 1.91 bits per heavy atom. The molecule has 0 atom stereocenters. The van der Waals surface area contributed by atoms with Crippen molar-refractivity contribution < 1.29 is 19.2 Å². The topological polar surface area (TPSA) is 91.6 Å². The molecule has 7 nitrogen and oxygen atoms in total. The van der Waals surface area contributed by atoms with Crippen molar-refractivity contribution in [3.63, 3.8) is 0 Å². The van der Waals surface area contributed by atoms with E-state index >= 15 is 0 Å². The summed E-state index contributed by atoms with van der Waals surface area (Å²) < 4.78 is 11.1. The Hall–Kier alpha value is -2.18. The van der Waals surface area contributed by atoms with Crippen molar-refractivity contribution >= 4 is 11.7 Å². The van der Waals surface area contributed by atoms with Crippen LogP contribution in [0.4, 0.5) is 5.69 Å². The highest BCUT2D eigenvalue weighted by atomic mass is 16.6. The fraction of sp³-hybridized carbons (Fsp3) is 0.625. The molecule has 0 amide bonds. The molecule has 1 aromatic rings. The summed E-state index contributed by atoms with van der Waals surface area (Å²) in [6.45, 7) is 5.58. The summed E-state index contributed by atoms with van der Waals surface area (Å²) in [7, 11) is 0. The lowest BCUT2D eigenvalue weighted by molar-refractivity contribution is -0.385. The molecular weight excluding hydrogens is 300 g/mol. The molecular formula is C16H22N2O5. The minimum atomic E-state index is -0.497. The van der Waals surface area contributed by atoms with Gasteiger partial charge in [-0.1, -0.05) is 0 Å². The summed E-state index contributed by atoms with van der Waals surface area (Å²) in [5.41, 5.74) is -0.529. The zero-order valence-corrected chi connectivity index (χ0v) is 13.7. The molecule has 2 rings (SSSR count). The molecule has 0 N–H and O–H groups in total. The van der Waals surface area contributed by atoms with Crippen molar-refractivity contribution in [1.82, 2.24) is 4.98 Å². The molecule has 0 saturated heterocycles. The molecule has 0 radical (unpaired) electrons. The Morgan fingerprint density at radius 1 is 1.26 bits per heavy atom. The van der Waals surface area contributed by atoms with E-state index in [0.717, 1.165) is 12.8 Å². The average molecular weight is 322 g/mol. The Labute approximate surface area is 135 Å². The second-order valence-electron chi connectivity index (χ2n) is 6.74. The van der Waals surface area contributed by atoms with Crippen molar-refractivity contribution in [2.75, 3.05) is 0 Å². The number of ether oxygens (including phenoxy) is 2. The quantitative estimate of drug-likeness (QED) is 0.480. The van der Waals surface area contributed by atoms with Crippen LogP contribution in [0.15, 0.2) is 18.3 Å². The molecule has 1 saturated carbocycles. The van der Waals surface area contributed by atoms with Crippen LogP contribution in [-0.2, 0) is 9.53 Å². The minimum absolute atomic E-state index is 0.0253. The number of carbonyl (C=O) groups excluding carboxylic acids is 1. The molecule has 1 aliphatic carbocycles. The second kappa shape index (κ2) is 6.93. The van der Waals surface area contributed by atoms with E-state index in [0.29, 0.717) is 18.7 Å². The van der Waals surface area contributed by atoms with Gasteiger partial charge in [0.1, 0.15) is 17.9 Å². The van der Waals surface area contributed by atoms with Crippen LogP contribution < -0.4 is 4.74 Å². The first-order valence-electron chi connectivity index (χ1n) is 7.74. The van der Waals surface area contributed by atoms with Crippen molar-refractivity contribution in [2.45, 2.75) is 58.2 Å². The standard InChI is InChI=1S/C16H22N2O5/c1-16(2,3)23-15(19)11-4-7-13(8-5-11)22-14-9-6-12(10-17-14)18(20)21/h6,9-11,13H,4-5,7-8H2,1-3H3. The van der Waals surface area contributed by atoms with Gasteiger partial charge in [0, 0.05) is 12.1 Å². The maximum absolute atomic E-state index is 12.0. The van der Waals surface area contributed by atoms with Gasteiger partial charge in [-0.15, -0.1) is 0 Å². The van der Waals surface area contributed by atoms with E-state index in [1.165, 1.54) is 18.3 Å². The largest absolute Gasteiger partial charge is 0.474 e. The molecule has 0 spiro atoms. The molecule has 0 bridgehead atoms. The molecule has 1 fully saturated rings. The summed E-state index contributed by atoms with van der Waals surface area (Å²) in [5, 5.41) is 10.6. The van der Waals surface area contributed by atoms with Gasteiger partial charge in [0.25, 0.3) is 5.69 Å². The van der Waals surface area contributed by atoms with Gasteiger partial charge in [-0.3, -0.25) is 14.9 Å². The predicted octanol–water partition coefficient (Wildman–Crippen LogP) is 3.27. The van der Waals surface area contributed by atoms with Crippen LogP contribution in [0.5, 0.6) is 5.88 Å². The van der Waals surface area contributed by atoms with Gasteiger partial charge in [-0.2, -0.15) is 0 Å². The maximum Gasteiger partial charge on any atom is 0.309 e. The van der Waals surface area contributed by atoms with Gasteiger partial charge in [-0.25, -0.2) is 4.98 Å². The number of pyridine rings is 1. The van der Waals surface area contributed by atoms with Gasteiger partial charge >= 0.3 is 5.97 Å². The smallest absolute Gasteiger partial charge is 0.309 e. The maximum atomic E-state index is 12.0. The highest BCUT2D eigenvalue weighted by Gasteiger charge is 2.30. The molecule has 1 aromatic heterocycles. The first kappa shape index (κ1) is 17.2. The number of rotatable bonds is 4. The van der Waals surface area contributed by atoms with E-state index in [1.807, 2.05) is 20.8 Å². The Balaban J connectivity index is 1.82. The fourth-order valence-corrected chi connectivity index (χ4v) is 2.52. The van der Waals surface area contributed by atoms with Gasteiger partial charge in [0.2, 0.25) is 5.88 Å². The van der Waals surface area contributed by atoms with E-state index in [2.05, 4.69) is 4.98 Å². The summed E-state index contributed by atoms with van der Waals surface area (Å²) in [5.74, 6) is 0.139. The first-order valence-corrected chi connectivity index (χ1v) is 7.74. The lowest BCUT2D eigenvalue weighted by Crippen LogP contribution is -2.33. The van der Waals surface area contributed by atoms with Crippen molar-refractivity contribution in [3.8, 4) is 5.88 Å². The number of hydrogen-bond acceptors (Lipinski definition) is 6. The number of nitrogens with zero attached hydrogens (tertiary/aromatic N) is 2. The van der Waals surface area contributed by atoms with E-state index < -0.39 is 10.5 Å². The summed E-state index contributed by atoms with van der Waals surface area (Å²) in [6, 6.07) is 2.87. The molecule has 1 aliphatic rings. The van der Waals surface area contributed by atoms with Gasteiger partial charge in [0.05, 0.1) is 10.8 Å². The van der Waals surface area contributed by atoms with Crippen LogP contribution in [0, 0.1) is 16.0 Å². The Bertz CT molecular complexity index is 557. The van der Waals surface area contributed by atoms with E-state index in [4.69, 9.17) is 9.47 Å². The molecule has 23 heavy (non-hydrogen) atoms. The van der Waals surface area contributed by atoms with Crippen LogP contribution in [0.25, 0.3) is 0 Å². The molecule has 0 aromatic carbocycles. The van der Waals surface area contributed by atoms with Gasteiger partial charge in [0.15, 0.2) is 0 Å². The van der Waals surface area contributed by atoms with Crippen LogP contribution in [0.1, 0.15) is 46.5 Å². The monoisotopic (exact) mass is 322 g/mol. The highest BCUT2D eigenvalue weighted by molar-refractivity contribution is 5.73. The van der Waals surface area contributed by atoms with Crippen LogP contribution >= 0.6 is 0 Å². The number of nitro groups is 1. The SMILES string of the molecule is CC(C)(C)OC(=O)C1CCC(Oc2ccc([N+](=O)[O-])cn2)CC1. The average Bonchev–Trinajstić information content (AvgIpc) is 2.46. The zero-order chi connectivity index (χ0) is 17.0. The minimum Gasteiger partial charge on any atom is -0.474 e. The first-order chi connectivity index (χ1) is 10.7. The zero-order valence-electron chi connectivity index (χ0n) is 13.7. The number of aromatic nitrogens is 1. The molecule has 1 heterocycles. The number of carbonyl (C=O) groups is 1. The number of esters is 1. The summed E-state index contributed by atoms with van der Waals surface area (Å²) in [6.07, 6.45) is 4.06. The Kier molecular flexibility index (Phi) is 5.18. The summed E-state index contributed by atoms with van der Waals surface area (Å²) in [4.78, 5) is 26.1. The Morgan fingerprint density at radius 3 is 2.39 bits per heavy atom. The highest BCUT2D eigenvalue weighted by Crippen LogP contribution is 2.29. The van der Waals surface area contributed by atoms with Crippen LogP contribution in [-0.4, -0.2) is 27.6 Å². The van der Waals surface area contributed by atoms with Crippen molar-refractivity contribution in [1.29, 1.82) is 0 Å². The fourth-order valence-electron chi connectivity index (χ4n) is 2.52. The van der Waals surface area contributed by atoms with Crippen LogP contribution in [0.3, 0.4) is 0 Å². The third kappa shape index (κ3) is 5.19. The third-order valence-corrected chi connectivity index (χ3v) is 3.63. The van der Waals surface area contributed by atoms with E-state index in [9.17, 15) is 14.9 Å². The number of hydrogen-bond donors (Lipinski definition) is 0. The van der Waals surface area contributed by atoms with Crippen molar-refractivity contribution in [3.05, 3.63) is 28.4 Å². The molecule has 0 unspecified atom stereocenters. The molecule has 126 valence electrons.